The molecule has 0 saturated carbocycles. The highest BCUT2D eigenvalue weighted by atomic mass is 31.0. The molecule has 0 aliphatic rings. The van der Waals surface area contributed by atoms with E-state index in [4.69, 9.17) is 0 Å². The lowest BCUT2D eigenvalue weighted by atomic mass is 10.0. The molecule has 0 heterocycles. The monoisotopic (exact) mass is 166 g/mol. The first-order valence-corrected chi connectivity index (χ1v) is 4.67. The minimum absolute atomic E-state index is 1.20. The van der Waals surface area contributed by atoms with Crippen molar-refractivity contribution in [1.29, 1.82) is 0 Å². The number of benzene rings is 1. The van der Waals surface area contributed by atoms with Crippen LogP contribution in [0.25, 0.3) is 0 Å². The van der Waals surface area contributed by atoms with Crippen LogP contribution in [0, 0.1) is 6.92 Å². The maximum Gasteiger partial charge on any atom is -0.0268 e. The van der Waals surface area contributed by atoms with Gasteiger partial charge in [-0.2, -0.15) is 0 Å². The van der Waals surface area contributed by atoms with Crippen LogP contribution in [-0.2, 0) is 6.42 Å². The highest BCUT2D eigenvalue weighted by molar-refractivity contribution is 7.27. The Bertz CT molecular complexity index is 220. The molecule has 60 valence electrons. The number of rotatable bonds is 2. The van der Waals surface area contributed by atoms with Gasteiger partial charge < -0.3 is 0 Å². The maximum atomic E-state index is 2.79. The van der Waals surface area contributed by atoms with E-state index in [9.17, 15) is 0 Å². The number of hydrogen-bond donors (Lipinski definition) is 0. The van der Waals surface area contributed by atoms with Crippen molar-refractivity contribution in [3.8, 4) is 0 Å². The third-order valence-corrected chi connectivity index (χ3v) is 2.49. The standard InChI is InChI=1S/C10H15P/c1-3-5-9-8(2)6-4-7-10(9)11/h4,6-7H,3,5,11H2,1-2H3. The Labute approximate surface area is 71.2 Å². The molecule has 0 fully saturated rings. The average Bonchev–Trinajstić information content (AvgIpc) is 1.97. The van der Waals surface area contributed by atoms with E-state index in [0.717, 1.165) is 0 Å². The summed E-state index contributed by atoms with van der Waals surface area (Å²) < 4.78 is 0. The van der Waals surface area contributed by atoms with Gasteiger partial charge in [0.25, 0.3) is 0 Å². The predicted octanol–water partition coefficient (Wildman–Crippen LogP) is 2.45. The van der Waals surface area contributed by atoms with Crippen molar-refractivity contribution in [2.75, 3.05) is 0 Å². The molecule has 0 aliphatic carbocycles. The summed E-state index contributed by atoms with van der Waals surface area (Å²) in [6.45, 7) is 4.40. The lowest BCUT2D eigenvalue weighted by Crippen LogP contribution is -2.03. The van der Waals surface area contributed by atoms with E-state index in [2.05, 4.69) is 41.3 Å². The topological polar surface area (TPSA) is 0 Å². The quantitative estimate of drug-likeness (QED) is 0.592. The van der Waals surface area contributed by atoms with E-state index in [1.807, 2.05) is 0 Å². The lowest BCUT2D eigenvalue weighted by molar-refractivity contribution is 0.919. The van der Waals surface area contributed by atoms with E-state index in [0.29, 0.717) is 0 Å². The van der Waals surface area contributed by atoms with Gasteiger partial charge in [-0.25, -0.2) is 0 Å². The molecule has 0 nitrogen and oxygen atoms in total. The summed E-state index contributed by atoms with van der Waals surface area (Å²) in [6, 6.07) is 6.44. The first-order chi connectivity index (χ1) is 5.25. The zero-order valence-corrected chi connectivity index (χ0v) is 8.38. The van der Waals surface area contributed by atoms with Gasteiger partial charge in [0.05, 0.1) is 0 Å². The second kappa shape index (κ2) is 3.88. The molecule has 0 aromatic heterocycles. The Morgan fingerprint density at radius 1 is 1.36 bits per heavy atom. The van der Waals surface area contributed by atoms with Gasteiger partial charge in [-0.3, -0.25) is 0 Å². The molecule has 0 N–H and O–H groups in total. The van der Waals surface area contributed by atoms with Crippen LogP contribution in [0.5, 0.6) is 0 Å². The number of hydrogen-bond acceptors (Lipinski definition) is 0. The van der Waals surface area contributed by atoms with Gasteiger partial charge in [0.1, 0.15) is 0 Å². The van der Waals surface area contributed by atoms with Crippen LogP contribution in [0.1, 0.15) is 24.5 Å². The summed E-state index contributed by atoms with van der Waals surface area (Å²) >= 11 is 0. The summed E-state index contributed by atoms with van der Waals surface area (Å²) in [6.07, 6.45) is 2.43. The van der Waals surface area contributed by atoms with Crippen LogP contribution < -0.4 is 5.30 Å². The zero-order valence-electron chi connectivity index (χ0n) is 7.22. The Kier molecular flexibility index (Phi) is 3.08. The molecule has 1 rings (SSSR count). The molecular formula is C10H15P. The van der Waals surface area contributed by atoms with Crippen LogP contribution >= 0.6 is 9.24 Å². The fourth-order valence-corrected chi connectivity index (χ4v) is 1.80. The van der Waals surface area contributed by atoms with Crippen LogP contribution in [0.15, 0.2) is 18.2 Å². The molecule has 11 heavy (non-hydrogen) atoms. The predicted molar refractivity (Wildman–Crippen MR) is 54.5 cm³/mol. The number of aryl methyl sites for hydroxylation is 1. The average molecular weight is 166 g/mol. The molecule has 1 atom stereocenters. The van der Waals surface area contributed by atoms with Gasteiger partial charge >= 0.3 is 0 Å². The second-order valence-corrected chi connectivity index (χ2v) is 3.51. The third kappa shape index (κ3) is 2.04. The van der Waals surface area contributed by atoms with E-state index in [-0.39, 0.29) is 0 Å². The van der Waals surface area contributed by atoms with Crippen LogP contribution in [0.4, 0.5) is 0 Å². The van der Waals surface area contributed by atoms with Gasteiger partial charge in [0.15, 0.2) is 0 Å². The third-order valence-electron chi connectivity index (χ3n) is 1.95. The molecule has 0 aliphatic heterocycles. The summed E-state index contributed by atoms with van der Waals surface area (Å²) in [5, 5.41) is 1.35. The molecule has 1 unspecified atom stereocenters. The molecule has 0 bridgehead atoms. The van der Waals surface area contributed by atoms with Crippen molar-refractivity contribution in [3.63, 3.8) is 0 Å². The summed E-state index contributed by atoms with van der Waals surface area (Å²) in [5.41, 5.74) is 2.92. The molecule has 0 spiro atoms. The van der Waals surface area contributed by atoms with Gasteiger partial charge in [0.2, 0.25) is 0 Å². The summed E-state index contributed by atoms with van der Waals surface area (Å²) in [5.74, 6) is 0. The zero-order chi connectivity index (χ0) is 8.27. The largest absolute Gasteiger partial charge is 0.105 e. The summed E-state index contributed by atoms with van der Waals surface area (Å²) in [7, 11) is 2.79. The van der Waals surface area contributed by atoms with Crippen LogP contribution in [-0.4, -0.2) is 0 Å². The molecule has 0 saturated heterocycles. The molecule has 1 aromatic carbocycles. The normalized spacial score (nSPS) is 10.1. The minimum Gasteiger partial charge on any atom is -0.105 e. The van der Waals surface area contributed by atoms with E-state index in [1.54, 1.807) is 0 Å². The smallest absolute Gasteiger partial charge is 0.0268 e. The molecule has 0 radical (unpaired) electrons. The highest BCUT2D eigenvalue weighted by Crippen LogP contribution is 2.09. The van der Waals surface area contributed by atoms with E-state index in [1.165, 1.54) is 29.3 Å². The first kappa shape index (κ1) is 8.74. The van der Waals surface area contributed by atoms with Crippen LogP contribution in [0.2, 0.25) is 0 Å². The lowest BCUT2D eigenvalue weighted by Gasteiger charge is -2.06. The van der Waals surface area contributed by atoms with Crippen molar-refractivity contribution in [2.45, 2.75) is 26.7 Å². The Hall–Kier alpha value is -0.350. The fourth-order valence-electron chi connectivity index (χ4n) is 1.32. The Morgan fingerprint density at radius 3 is 2.64 bits per heavy atom. The van der Waals surface area contributed by atoms with Crippen molar-refractivity contribution in [1.82, 2.24) is 0 Å². The van der Waals surface area contributed by atoms with Crippen LogP contribution in [0.3, 0.4) is 0 Å². The van der Waals surface area contributed by atoms with Crippen molar-refractivity contribution in [3.05, 3.63) is 29.3 Å². The van der Waals surface area contributed by atoms with Gasteiger partial charge in [-0.05, 0) is 29.8 Å². The minimum atomic E-state index is 1.20. The van der Waals surface area contributed by atoms with Crippen molar-refractivity contribution < 1.29 is 0 Å². The molecule has 1 heteroatoms. The molecular weight excluding hydrogens is 151 g/mol. The SMILES string of the molecule is CCCc1c(C)cccc1P. The first-order valence-electron chi connectivity index (χ1n) is 4.09. The van der Waals surface area contributed by atoms with E-state index < -0.39 is 0 Å². The van der Waals surface area contributed by atoms with Gasteiger partial charge in [-0.15, -0.1) is 9.24 Å². The fraction of sp³-hybridized carbons (Fsp3) is 0.400. The second-order valence-electron chi connectivity index (χ2n) is 2.89. The van der Waals surface area contributed by atoms with Crippen molar-refractivity contribution in [2.24, 2.45) is 0 Å². The van der Waals surface area contributed by atoms with Gasteiger partial charge in [0, 0.05) is 0 Å². The molecule has 1 aromatic rings. The van der Waals surface area contributed by atoms with E-state index >= 15 is 0 Å². The van der Waals surface area contributed by atoms with Gasteiger partial charge in [-0.1, -0.05) is 31.5 Å². The van der Waals surface area contributed by atoms with Crippen molar-refractivity contribution >= 4 is 14.5 Å². The molecule has 0 amide bonds. The Balaban J connectivity index is 3.00. The highest BCUT2D eigenvalue weighted by Gasteiger charge is 1.98. The maximum absolute atomic E-state index is 2.79. The Morgan fingerprint density at radius 2 is 2.09 bits per heavy atom. The summed E-state index contributed by atoms with van der Waals surface area (Å²) in [4.78, 5) is 0.